The highest BCUT2D eigenvalue weighted by Crippen LogP contribution is 2.56. The average molecular weight is 617 g/mol. The number of cyclic esters (lactones) is 1. The van der Waals surface area contributed by atoms with Crippen molar-refractivity contribution in [1.29, 1.82) is 0 Å². The van der Waals surface area contributed by atoms with Gasteiger partial charge in [-0.1, -0.05) is 121 Å². The molecule has 0 radical (unpaired) electrons. The molecule has 0 bridgehead atoms. The number of amides is 2. The fourth-order valence-corrected chi connectivity index (χ4v) is 6.98. The first-order valence-electron chi connectivity index (χ1n) is 15.8. The maximum atomic E-state index is 15.4. The van der Waals surface area contributed by atoms with Gasteiger partial charge in [-0.15, -0.1) is 0 Å². The van der Waals surface area contributed by atoms with Gasteiger partial charge in [-0.25, -0.2) is 9.59 Å². The third kappa shape index (κ3) is 5.55. The van der Waals surface area contributed by atoms with Crippen LogP contribution in [0.4, 0.5) is 4.79 Å². The number of likely N-dealkylation sites (tertiary alicyclic amines) is 1. The number of hydrogen-bond donors (Lipinski definition) is 0. The second kappa shape index (κ2) is 12.1. The molecule has 2 saturated heterocycles. The quantitative estimate of drug-likeness (QED) is 0.148. The molecule has 4 atom stereocenters. The van der Waals surface area contributed by atoms with Gasteiger partial charge in [0, 0.05) is 12.8 Å². The predicted octanol–water partition coefficient (Wildman–Crippen LogP) is 7.09. The molecular formula is C39H40N2O5. The van der Waals surface area contributed by atoms with Gasteiger partial charge in [0.2, 0.25) is 0 Å². The van der Waals surface area contributed by atoms with Crippen LogP contribution in [0, 0.1) is 0 Å². The van der Waals surface area contributed by atoms with Gasteiger partial charge in [-0.05, 0) is 49.9 Å². The lowest BCUT2D eigenvalue weighted by Gasteiger charge is -2.64. The Morgan fingerprint density at radius 2 is 1.26 bits per heavy atom. The summed E-state index contributed by atoms with van der Waals surface area (Å²) < 4.78 is 11.8. The summed E-state index contributed by atoms with van der Waals surface area (Å²) in [6, 6.07) is 37.5. The van der Waals surface area contributed by atoms with Crippen molar-refractivity contribution in [2.75, 3.05) is 6.61 Å². The summed E-state index contributed by atoms with van der Waals surface area (Å²) in [6.45, 7) is 7.37. The molecule has 46 heavy (non-hydrogen) atoms. The van der Waals surface area contributed by atoms with Crippen LogP contribution in [0.15, 0.2) is 121 Å². The second-order valence-corrected chi connectivity index (χ2v) is 13.4. The minimum Gasteiger partial charge on any atom is -0.458 e. The Kier molecular flexibility index (Phi) is 8.19. The van der Waals surface area contributed by atoms with E-state index in [1.54, 1.807) is 16.7 Å². The lowest BCUT2D eigenvalue weighted by atomic mass is 9.66. The molecule has 7 heteroatoms. The summed E-state index contributed by atoms with van der Waals surface area (Å²) in [7, 11) is 0. The monoisotopic (exact) mass is 616 g/mol. The van der Waals surface area contributed by atoms with Crippen molar-refractivity contribution in [3.63, 3.8) is 0 Å². The number of nitrogens with zero attached hydrogens (tertiary/aromatic N) is 2. The van der Waals surface area contributed by atoms with E-state index in [1.165, 1.54) is 0 Å². The van der Waals surface area contributed by atoms with Crippen molar-refractivity contribution in [3.05, 3.63) is 144 Å². The van der Waals surface area contributed by atoms with E-state index >= 15 is 4.79 Å². The van der Waals surface area contributed by atoms with Gasteiger partial charge in [-0.2, -0.15) is 0 Å². The summed E-state index contributed by atoms with van der Waals surface area (Å²) in [4.78, 5) is 46.9. The number of hydrogen-bond acceptors (Lipinski definition) is 5. The smallest absolute Gasteiger partial charge is 0.411 e. The Morgan fingerprint density at radius 1 is 0.761 bits per heavy atom. The van der Waals surface area contributed by atoms with Crippen LogP contribution in [-0.2, 0) is 31.9 Å². The van der Waals surface area contributed by atoms with Gasteiger partial charge in [0.15, 0.2) is 5.54 Å². The molecule has 4 aromatic carbocycles. The zero-order chi connectivity index (χ0) is 32.5. The molecule has 2 aliphatic heterocycles. The molecular weight excluding hydrogens is 576 g/mol. The van der Waals surface area contributed by atoms with E-state index in [4.69, 9.17) is 9.47 Å². The van der Waals surface area contributed by atoms with Crippen LogP contribution in [0.5, 0.6) is 0 Å². The average Bonchev–Trinajstić information content (AvgIpc) is 3.44. The van der Waals surface area contributed by atoms with Crippen LogP contribution in [0.1, 0.15) is 62.0 Å². The minimum absolute atomic E-state index is 0.113. The normalized spacial score (nSPS) is 22.5. The van der Waals surface area contributed by atoms with Gasteiger partial charge >= 0.3 is 12.1 Å². The summed E-state index contributed by atoms with van der Waals surface area (Å²) in [6.07, 6.45) is -0.0938. The second-order valence-electron chi connectivity index (χ2n) is 13.4. The predicted molar refractivity (Wildman–Crippen MR) is 176 cm³/mol. The van der Waals surface area contributed by atoms with E-state index in [2.05, 4.69) is 0 Å². The first kappa shape index (κ1) is 31.1. The lowest BCUT2D eigenvalue weighted by Crippen LogP contribution is -2.81. The molecule has 236 valence electrons. The SMILES string of the molecule is CC(C)(C)OC(=O)[C@](C)(Cc1ccccc1)N1C(=O)[C@](Cc2ccccc2)(N2C(=O)OC[C@@H]2c2ccccc2)[C@H]1c1ccccc1. The molecule has 7 nitrogen and oxygen atoms in total. The Balaban J connectivity index is 1.57. The summed E-state index contributed by atoms with van der Waals surface area (Å²) in [5.74, 6) is -0.829. The first-order chi connectivity index (χ1) is 22.0. The number of β-lactam (4-membered cyclic amide) rings is 1. The number of rotatable bonds is 9. The van der Waals surface area contributed by atoms with Gasteiger partial charge in [0.1, 0.15) is 17.7 Å². The Bertz CT molecular complexity index is 1690. The van der Waals surface area contributed by atoms with Crippen LogP contribution in [0.2, 0.25) is 0 Å². The highest BCUT2D eigenvalue weighted by molar-refractivity contribution is 6.02. The van der Waals surface area contributed by atoms with Crippen molar-refractivity contribution < 1.29 is 23.9 Å². The van der Waals surface area contributed by atoms with Gasteiger partial charge in [-0.3, -0.25) is 9.69 Å². The van der Waals surface area contributed by atoms with E-state index in [0.29, 0.717) is 0 Å². The lowest BCUT2D eigenvalue weighted by molar-refractivity contribution is -0.204. The number of benzene rings is 4. The molecule has 2 heterocycles. The number of esters is 1. The third-order valence-electron chi connectivity index (χ3n) is 8.98. The molecule has 0 saturated carbocycles. The largest absolute Gasteiger partial charge is 0.458 e. The molecule has 2 aliphatic rings. The number of carbonyl (C=O) groups excluding carboxylic acids is 3. The fourth-order valence-electron chi connectivity index (χ4n) is 6.98. The highest BCUT2D eigenvalue weighted by atomic mass is 16.6. The summed E-state index contributed by atoms with van der Waals surface area (Å²) in [5.41, 5.74) is -0.118. The molecule has 0 aromatic heterocycles. The van der Waals surface area contributed by atoms with E-state index in [0.717, 1.165) is 22.3 Å². The first-order valence-corrected chi connectivity index (χ1v) is 15.8. The van der Waals surface area contributed by atoms with E-state index in [-0.39, 0.29) is 25.4 Å². The van der Waals surface area contributed by atoms with Gasteiger partial charge in [0.05, 0.1) is 12.1 Å². The van der Waals surface area contributed by atoms with Crippen LogP contribution < -0.4 is 0 Å². The Labute approximate surface area is 270 Å². The molecule has 2 amide bonds. The van der Waals surface area contributed by atoms with Crippen molar-refractivity contribution >= 4 is 18.0 Å². The highest BCUT2D eigenvalue weighted by Gasteiger charge is 2.72. The maximum absolute atomic E-state index is 15.4. The molecule has 0 spiro atoms. The van der Waals surface area contributed by atoms with Gasteiger partial charge in [0.25, 0.3) is 5.91 Å². The van der Waals surface area contributed by atoms with Gasteiger partial charge < -0.3 is 14.4 Å². The van der Waals surface area contributed by atoms with Crippen LogP contribution in [0.25, 0.3) is 0 Å². The standard InChI is InChI=1S/C39H40N2O5/c1-37(2,3)46-35(43)38(4,25-28-17-9-5-10-18-28)41-33(31-23-15-8-16-24-31)39(34(41)42,26-29-19-11-6-12-20-29)40-32(27-45-36(40)44)30-21-13-7-14-22-30/h5-24,32-33H,25-27H2,1-4H3/t32-,33-,38+,39-/m1/s1. The van der Waals surface area contributed by atoms with Crippen molar-refractivity contribution in [2.24, 2.45) is 0 Å². The Morgan fingerprint density at radius 3 is 1.80 bits per heavy atom. The maximum Gasteiger partial charge on any atom is 0.411 e. The zero-order valence-electron chi connectivity index (χ0n) is 26.8. The molecule has 0 N–H and O–H groups in total. The molecule has 0 unspecified atom stereocenters. The van der Waals surface area contributed by atoms with Crippen LogP contribution in [0.3, 0.4) is 0 Å². The Hall–Kier alpha value is -4.91. The zero-order valence-corrected chi connectivity index (χ0v) is 26.8. The fraction of sp³-hybridized carbons (Fsp3) is 0.308. The third-order valence-corrected chi connectivity index (χ3v) is 8.98. The van der Waals surface area contributed by atoms with E-state index in [9.17, 15) is 9.59 Å². The molecule has 4 aromatic rings. The van der Waals surface area contributed by atoms with Crippen molar-refractivity contribution in [1.82, 2.24) is 9.80 Å². The number of ether oxygens (including phenoxy) is 2. The van der Waals surface area contributed by atoms with E-state index in [1.807, 2.05) is 142 Å². The summed E-state index contributed by atoms with van der Waals surface area (Å²) in [5, 5.41) is 0. The minimum atomic E-state index is -1.40. The van der Waals surface area contributed by atoms with E-state index < -0.39 is 40.8 Å². The van der Waals surface area contributed by atoms with Crippen molar-refractivity contribution in [3.8, 4) is 0 Å². The van der Waals surface area contributed by atoms with Crippen molar-refractivity contribution in [2.45, 2.75) is 69.3 Å². The molecule has 0 aliphatic carbocycles. The van der Waals surface area contributed by atoms with Crippen LogP contribution >= 0.6 is 0 Å². The summed E-state index contributed by atoms with van der Waals surface area (Å²) >= 11 is 0. The topological polar surface area (TPSA) is 76.2 Å². The molecule has 6 rings (SSSR count). The number of carbonyl (C=O) groups is 3. The van der Waals surface area contributed by atoms with Crippen LogP contribution in [-0.4, -0.2) is 51.1 Å². The molecule has 2 fully saturated rings.